The summed E-state index contributed by atoms with van der Waals surface area (Å²) < 4.78 is 4.90. The first-order valence-electron chi connectivity index (χ1n) is 9.30. The van der Waals surface area contributed by atoms with Crippen LogP contribution in [0, 0.1) is 0 Å². The molecule has 0 aliphatic carbocycles. The van der Waals surface area contributed by atoms with Gasteiger partial charge in [-0.1, -0.05) is 32.6 Å². The smallest absolute Gasteiger partial charge is 0.329 e. The van der Waals surface area contributed by atoms with Crippen molar-refractivity contribution in [2.75, 3.05) is 46.9 Å². The number of likely N-dealkylation sites (tertiary alicyclic amines) is 1. The van der Waals surface area contributed by atoms with Gasteiger partial charge in [-0.25, -0.2) is 4.79 Å². The molecule has 1 atom stereocenters. The summed E-state index contributed by atoms with van der Waals surface area (Å²) in [6.07, 6.45) is 5.86. The molecule has 6 nitrogen and oxygen atoms in total. The van der Waals surface area contributed by atoms with Gasteiger partial charge in [-0.15, -0.1) is 0 Å². The summed E-state index contributed by atoms with van der Waals surface area (Å²) in [4.78, 5) is 31.1. The van der Waals surface area contributed by atoms with Crippen molar-refractivity contribution in [3.63, 3.8) is 0 Å². The van der Waals surface area contributed by atoms with Gasteiger partial charge in [-0.05, 0) is 25.6 Å². The van der Waals surface area contributed by atoms with Crippen molar-refractivity contribution in [3.05, 3.63) is 36.1 Å². The standard InChI is InChI=1S/C18H27N3O3.C2H6/c1-5-7-15-14(6-2)12-16(18(23)24-4)21(15)17(22)13-20-10-8-19(3)9-11-20;1-2/h5-7,16H,1,8-13H2,2-4H3;1-2H3/b14-6-,15-7+;. The van der Waals surface area contributed by atoms with Crippen LogP contribution in [-0.4, -0.2) is 79.5 Å². The summed E-state index contributed by atoms with van der Waals surface area (Å²) in [6, 6.07) is -0.590. The average Bonchev–Trinajstić information content (AvgIpc) is 3.03. The van der Waals surface area contributed by atoms with Crippen LogP contribution >= 0.6 is 0 Å². The molecule has 146 valence electrons. The number of piperazine rings is 1. The lowest BCUT2D eigenvalue weighted by Gasteiger charge is -2.33. The minimum atomic E-state index is -0.590. The molecule has 0 N–H and O–H groups in total. The van der Waals surface area contributed by atoms with Crippen LogP contribution in [0.2, 0.25) is 0 Å². The number of methoxy groups -OCH3 is 1. The van der Waals surface area contributed by atoms with Gasteiger partial charge in [0.25, 0.3) is 0 Å². The molecule has 0 bridgehead atoms. The van der Waals surface area contributed by atoms with E-state index in [2.05, 4.69) is 23.4 Å². The molecule has 0 spiro atoms. The van der Waals surface area contributed by atoms with Crippen molar-refractivity contribution < 1.29 is 14.3 Å². The van der Waals surface area contributed by atoms with E-state index in [0.717, 1.165) is 37.4 Å². The van der Waals surface area contributed by atoms with E-state index in [1.54, 1.807) is 17.1 Å². The van der Waals surface area contributed by atoms with Crippen molar-refractivity contribution in [1.82, 2.24) is 14.7 Å². The van der Waals surface area contributed by atoms with Gasteiger partial charge >= 0.3 is 5.97 Å². The van der Waals surface area contributed by atoms with Gasteiger partial charge in [0.15, 0.2) is 0 Å². The quantitative estimate of drug-likeness (QED) is 0.716. The molecular formula is C20H33N3O3. The second kappa shape index (κ2) is 10.9. The Kier molecular flexibility index (Phi) is 9.30. The average molecular weight is 364 g/mol. The molecule has 2 saturated heterocycles. The maximum atomic E-state index is 12.9. The van der Waals surface area contributed by atoms with Crippen LogP contribution in [-0.2, 0) is 14.3 Å². The van der Waals surface area contributed by atoms with Gasteiger partial charge in [-0.2, -0.15) is 0 Å². The Bertz CT molecular complexity index is 561. The number of likely N-dealkylation sites (N-methyl/N-ethyl adjacent to an activating group) is 1. The Labute approximate surface area is 157 Å². The number of esters is 1. The first kappa shape index (κ1) is 22.1. The van der Waals surface area contributed by atoms with E-state index in [1.807, 2.05) is 26.8 Å². The Morgan fingerprint density at radius 2 is 1.85 bits per heavy atom. The fraction of sp³-hybridized carbons (Fsp3) is 0.600. The number of carbonyl (C=O) groups excluding carboxylic acids is 2. The first-order valence-corrected chi connectivity index (χ1v) is 9.30. The SMILES string of the molecule is C=C/C=C1\C(=C/C)CC(C(=O)OC)N1C(=O)CN1CCN(C)CC1.CC. The van der Waals surface area contributed by atoms with Crippen LogP contribution in [0.4, 0.5) is 0 Å². The largest absolute Gasteiger partial charge is 0.467 e. The number of rotatable bonds is 4. The Hall–Kier alpha value is -1.92. The van der Waals surface area contributed by atoms with E-state index in [-0.39, 0.29) is 11.9 Å². The minimum absolute atomic E-state index is 0.0695. The third-order valence-electron chi connectivity index (χ3n) is 4.63. The zero-order valence-electron chi connectivity index (χ0n) is 16.8. The molecule has 2 heterocycles. The van der Waals surface area contributed by atoms with E-state index in [0.29, 0.717) is 13.0 Å². The van der Waals surface area contributed by atoms with Crippen molar-refractivity contribution in [3.8, 4) is 0 Å². The summed E-state index contributed by atoms with van der Waals surface area (Å²) in [6.45, 7) is 13.6. The Morgan fingerprint density at radius 1 is 1.23 bits per heavy atom. The van der Waals surface area contributed by atoms with Gasteiger partial charge in [0.05, 0.1) is 13.7 Å². The van der Waals surface area contributed by atoms with Crippen LogP contribution in [0.5, 0.6) is 0 Å². The van der Waals surface area contributed by atoms with E-state index >= 15 is 0 Å². The molecule has 2 aliphatic rings. The number of carbonyl (C=O) groups is 2. The summed E-state index contributed by atoms with van der Waals surface area (Å²) in [7, 11) is 3.44. The van der Waals surface area contributed by atoms with Crippen LogP contribution in [0.3, 0.4) is 0 Å². The predicted octanol–water partition coefficient (Wildman–Crippen LogP) is 2.05. The van der Waals surface area contributed by atoms with Crippen molar-refractivity contribution >= 4 is 11.9 Å². The maximum Gasteiger partial charge on any atom is 0.329 e. The normalized spacial score (nSPS) is 24.3. The van der Waals surface area contributed by atoms with Crippen molar-refractivity contribution in [2.24, 2.45) is 0 Å². The molecule has 0 aromatic rings. The lowest BCUT2D eigenvalue weighted by Crippen LogP contribution is -2.50. The Morgan fingerprint density at radius 3 is 2.35 bits per heavy atom. The fourth-order valence-electron chi connectivity index (χ4n) is 3.20. The summed E-state index contributed by atoms with van der Waals surface area (Å²) >= 11 is 0. The number of hydrogen-bond acceptors (Lipinski definition) is 5. The summed E-state index contributed by atoms with van der Waals surface area (Å²) in [5.74, 6) is -0.451. The molecule has 2 aliphatic heterocycles. The highest BCUT2D eigenvalue weighted by Gasteiger charge is 2.41. The molecule has 2 fully saturated rings. The molecule has 6 heteroatoms. The van der Waals surface area contributed by atoms with Gasteiger partial charge in [-0.3, -0.25) is 14.6 Å². The fourth-order valence-corrected chi connectivity index (χ4v) is 3.20. The molecule has 0 saturated carbocycles. The highest BCUT2D eigenvalue weighted by Crippen LogP contribution is 2.33. The van der Waals surface area contributed by atoms with Gasteiger partial charge in [0, 0.05) is 38.3 Å². The molecule has 0 aromatic carbocycles. The highest BCUT2D eigenvalue weighted by molar-refractivity contribution is 5.89. The third-order valence-corrected chi connectivity index (χ3v) is 4.63. The zero-order valence-corrected chi connectivity index (χ0v) is 16.8. The van der Waals surface area contributed by atoms with Crippen LogP contribution in [0.15, 0.2) is 36.1 Å². The summed E-state index contributed by atoms with van der Waals surface area (Å²) in [5.41, 5.74) is 1.72. The third kappa shape index (κ3) is 5.29. The lowest BCUT2D eigenvalue weighted by molar-refractivity contribution is -0.150. The van der Waals surface area contributed by atoms with Crippen LogP contribution in [0.1, 0.15) is 27.2 Å². The molecular weight excluding hydrogens is 330 g/mol. The van der Waals surface area contributed by atoms with E-state index < -0.39 is 6.04 Å². The second-order valence-electron chi connectivity index (χ2n) is 6.19. The van der Waals surface area contributed by atoms with Gasteiger partial charge in [0.2, 0.25) is 5.91 Å². The zero-order chi connectivity index (χ0) is 19.7. The predicted molar refractivity (Wildman–Crippen MR) is 105 cm³/mol. The van der Waals surface area contributed by atoms with Gasteiger partial charge in [0.1, 0.15) is 6.04 Å². The number of amides is 1. The van der Waals surface area contributed by atoms with Crippen LogP contribution in [0.25, 0.3) is 0 Å². The second-order valence-corrected chi connectivity index (χ2v) is 6.19. The summed E-state index contributed by atoms with van der Waals surface area (Å²) in [5, 5.41) is 0. The molecule has 0 aromatic heterocycles. The topological polar surface area (TPSA) is 53.1 Å². The van der Waals surface area contributed by atoms with Crippen molar-refractivity contribution in [2.45, 2.75) is 33.2 Å². The number of allylic oxidation sites excluding steroid dienone is 4. The van der Waals surface area contributed by atoms with Crippen molar-refractivity contribution in [1.29, 1.82) is 0 Å². The molecule has 2 rings (SSSR count). The van der Waals surface area contributed by atoms with E-state index in [1.165, 1.54) is 7.11 Å². The minimum Gasteiger partial charge on any atom is -0.467 e. The molecule has 26 heavy (non-hydrogen) atoms. The Balaban J connectivity index is 0.00000163. The van der Waals surface area contributed by atoms with Gasteiger partial charge < -0.3 is 9.64 Å². The van der Waals surface area contributed by atoms with Crippen LogP contribution < -0.4 is 0 Å². The molecule has 0 radical (unpaired) electrons. The first-order chi connectivity index (χ1) is 12.5. The number of nitrogens with zero attached hydrogens (tertiary/aromatic N) is 3. The number of ether oxygens (including phenoxy) is 1. The molecule has 1 amide bonds. The van der Waals surface area contributed by atoms with E-state index in [9.17, 15) is 9.59 Å². The highest BCUT2D eigenvalue weighted by atomic mass is 16.5. The molecule has 1 unspecified atom stereocenters. The van der Waals surface area contributed by atoms with E-state index in [4.69, 9.17) is 4.74 Å². The lowest BCUT2D eigenvalue weighted by atomic mass is 10.1. The maximum absolute atomic E-state index is 12.9. The monoisotopic (exact) mass is 363 g/mol. The number of hydrogen-bond donors (Lipinski definition) is 0.